The maximum atomic E-state index is 6.03. The number of aromatic nitrogens is 1. The molecule has 2 rings (SSSR count). The van der Waals surface area contributed by atoms with Gasteiger partial charge in [-0.1, -0.05) is 26.7 Å². The van der Waals surface area contributed by atoms with Crippen LogP contribution in [-0.2, 0) is 6.54 Å². The molecule has 1 aromatic heterocycles. The molecule has 1 aromatic rings. The van der Waals surface area contributed by atoms with Crippen molar-refractivity contribution in [3.63, 3.8) is 0 Å². The van der Waals surface area contributed by atoms with E-state index in [1.165, 1.54) is 43.4 Å². The van der Waals surface area contributed by atoms with E-state index in [2.05, 4.69) is 43.6 Å². The first-order valence-electron chi connectivity index (χ1n) is 8.46. The number of nitrogens with zero attached hydrogens (tertiary/aromatic N) is 2. The van der Waals surface area contributed by atoms with Gasteiger partial charge < -0.3 is 10.6 Å². The molecule has 118 valence electrons. The van der Waals surface area contributed by atoms with Crippen molar-refractivity contribution in [1.29, 1.82) is 0 Å². The lowest BCUT2D eigenvalue weighted by Crippen LogP contribution is -2.36. The van der Waals surface area contributed by atoms with Crippen molar-refractivity contribution in [2.45, 2.75) is 72.4 Å². The van der Waals surface area contributed by atoms with Gasteiger partial charge in [0.1, 0.15) is 0 Å². The standard InChI is InChI=1S/C18H31N3/c1-13(2)9-10-21(16-7-5-6-8-16)18-11-14(3)20-15(4)17(18)12-19/h11,13,16H,5-10,12,19H2,1-4H3. The first-order chi connectivity index (χ1) is 10.0. The molecule has 3 nitrogen and oxygen atoms in total. The van der Waals surface area contributed by atoms with Gasteiger partial charge in [0.25, 0.3) is 0 Å². The molecule has 2 N–H and O–H groups in total. The van der Waals surface area contributed by atoms with Crippen LogP contribution in [0.15, 0.2) is 6.07 Å². The van der Waals surface area contributed by atoms with Crippen molar-refractivity contribution in [1.82, 2.24) is 4.98 Å². The molecule has 0 spiro atoms. The number of rotatable bonds is 6. The summed E-state index contributed by atoms with van der Waals surface area (Å²) in [7, 11) is 0. The molecule has 1 aliphatic carbocycles. The first-order valence-corrected chi connectivity index (χ1v) is 8.46. The number of hydrogen-bond acceptors (Lipinski definition) is 3. The van der Waals surface area contributed by atoms with E-state index in [0.29, 0.717) is 12.6 Å². The smallest absolute Gasteiger partial charge is 0.0450 e. The largest absolute Gasteiger partial charge is 0.368 e. The van der Waals surface area contributed by atoms with Crippen LogP contribution in [0.3, 0.4) is 0 Å². The highest BCUT2D eigenvalue weighted by atomic mass is 15.2. The van der Waals surface area contributed by atoms with Gasteiger partial charge in [-0.3, -0.25) is 4.98 Å². The summed E-state index contributed by atoms with van der Waals surface area (Å²) < 4.78 is 0. The van der Waals surface area contributed by atoms with Crippen LogP contribution in [0.1, 0.15) is 62.9 Å². The average molecular weight is 289 g/mol. The Hall–Kier alpha value is -1.09. The van der Waals surface area contributed by atoms with E-state index in [0.717, 1.165) is 23.9 Å². The Bertz CT molecular complexity index is 462. The van der Waals surface area contributed by atoms with Gasteiger partial charge in [0.15, 0.2) is 0 Å². The molecule has 0 radical (unpaired) electrons. The molecule has 21 heavy (non-hydrogen) atoms. The van der Waals surface area contributed by atoms with Crippen molar-refractivity contribution < 1.29 is 0 Å². The second kappa shape index (κ2) is 7.26. The van der Waals surface area contributed by atoms with E-state index in [-0.39, 0.29) is 0 Å². The summed E-state index contributed by atoms with van der Waals surface area (Å²) in [5, 5.41) is 0. The van der Waals surface area contributed by atoms with Crippen LogP contribution in [0.2, 0.25) is 0 Å². The van der Waals surface area contributed by atoms with Gasteiger partial charge in [-0.05, 0) is 45.1 Å². The second-order valence-electron chi connectivity index (χ2n) is 6.87. The van der Waals surface area contributed by atoms with Crippen molar-refractivity contribution in [3.05, 3.63) is 23.0 Å². The van der Waals surface area contributed by atoms with E-state index < -0.39 is 0 Å². The molecule has 1 heterocycles. The summed E-state index contributed by atoms with van der Waals surface area (Å²) in [5.41, 5.74) is 10.8. The fraction of sp³-hybridized carbons (Fsp3) is 0.722. The molecule has 0 aliphatic heterocycles. The lowest BCUT2D eigenvalue weighted by Gasteiger charge is -2.34. The zero-order chi connectivity index (χ0) is 15.4. The zero-order valence-corrected chi connectivity index (χ0v) is 14.2. The minimum atomic E-state index is 0.583. The maximum absolute atomic E-state index is 6.03. The average Bonchev–Trinajstić information content (AvgIpc) is 2.92. The number of nitrogens with two attached hydrogens (primary N) is 1. The lowest BCUT2D eigenvalue weighted by molar-refractivity contribution is 0.527. The highest BCUT2D eigenvalue weighted by Crippen LogP contribution is 2.32. The van der Waals surface area contributed by atoms with Gasteiger partial charge in [0.05, 0.1) is 0 Å². The van der Waals surface area contributed by atoms with Gasteiger partial charge in [0.2, 0.25) is 0 Å². The van der Waals surface area contributed by atoms with Crippen molar-refractivity contribution in [3.8, 4) is 0 Å². The molecule has 3 heteroatoms. The predicted molar refractivity (Wildman–Crippen MR) is 90.7 cm³/mol. The highest BCUT2D eigenvalue weighted by Gasteiger charge is 2.25. The van der Waals surface area contributed by atoms with Crippen molar-refractivity contribution in [2.75, 3.05) is 11.4 Å². The fourth-order valence-corrected chi connectivity index (χ4v) is 3.46. The summed E-state index contributed by atoms with van der Waals surface area (Å²) in [4.78, 5) is 7.24. The Morgan fingerprint density at radius 1 is 1.29 bits per heavy atom. The molecule has 0 bridgehead atoms. The molecule has 0 atom stereocenters. The Balaban J connectivity index is 2.34. The molecule has 0 saturated heterocycles. The quantitative estimate of drug-likeness (QED) is 0.862. The molecular formula is C18H31N3. The molecule has 0 unspecified atom stereocenters. The summed E-state index contributed by atoms with van der Waals surface area (Å²) in [6.45, 7) is 10.5. The molecule has 1 fully saturated rings. The maximum Gasteiger partial charge on any atom is 0.0450 e. The highest BCUT2D eigenvalue weighted by molar-refractivity contribution is 5.57. The van der Waals surface area contributed by atoms with Gasteiger partial charge in [-0.15, -0.1) is 0 Å². The first kappa shape index (κ1) is 16.3. The van der Waals surface area contributed by atoms with E-state index in [9.17, 15) is 0 Å². The van der Waals surface area contributed by atoms with Gasteiger partial charge in [-0.2, -0.15) is 0 Å². The van der Waals surface area contributed by atoms with E-state index in [1.54, 1.807) is 0 Å². The van der Waals surface area contributed by atoms with Crippen molar-refractivity contribution >= 4 is 5.69 Å². The molecule has 0 amide bonds. The lowest BCUT2D eigenvalue weighted by atomic mass is 10.0. The summed E-state index contributed by atoms with van der Waals surface area (Å²) in [6.07, 6.45) is 6.61. The van der Waals surface area contributed by atoms with Crippen LogP contribution in [0.25, 0.3) is 0 Å². The SMILES string of the molecule is Cc1cc(N(CCC(C)C)C2CCCC2)c(CN)c(C)n1. The summed E-state index contributed by atoms with van der Waals surface area (Å²) in [5.74, 6) is 0.735. The van der Waals surface area contributed by atoms with E-state index in [1.807, 2.05) is 0 Å². The normalized spacial score (nSPS) is 15.9. The Morgan fingerprint density at radius 2 is 1.95 bits per heavy atom. The van der Waals surface area contributed by atoms with Crippen LogP contribution in [0, 0.1) is 19.8 Å². The van der Waals surface area contributed by atoms with E-state index >= 15 is 0 Å². The minimum Gasteiger partial charge on any atom is -0.368 e. The minimum absolute atomic E-state index is 0.583. The van der Waals surface area contributed by atoms with Gasteiger partial charge in [-0.25, -0.2) is 0 Å². The predicted octanol–water partition coefficient (Wildman–Crippen LogP) is 3.95. The van der Waals surface area contributed by atoms with Gasteiger partial charge in [0, 0.05) is 41.8 Å². The Kier molecular flexibility index (Phi) is 5.63. The number of hydrogen-bond donors (Lipinski definition) is 1. The molecule has 1 aliphatic rings. The second-order valence-corrected chi connectivity index (χ2v) is 6.87. The number of anilines is 1. The van der Waals surface area contributed by atoms with Gasteiger partial charge >= 0.3 is 0 Å². The van der Waals surface area contributed by atoms with Crippen LogP contribution in [-0.4, -0.2) is 17.6 Å². The van der Waals surface area contributed by atoms with Crippen molar-refractivity contribution in [2.24, 2.45) is 11.7 Å². The van der Waals surface area contributed by atoms with Crippen LogP contribution >= 0.6 is 0 Å². The third kappa shape index (κ3) is 3.97. The number of aryl methyl sites for hydroxylation is 2. The molecule has 1 saturated carbocycles. The Labute approximate surface area is 129 Å². The topological polar surface area (TPSA) is 42.1 Å². The summed E-state index contributed by atoms with van der Waals surface area (Å²) in [6, 6.07) is 2.93. The summed E-state index contributed by atoms with van der Waals surface area (Å²) >= 11 is 0. The van der Waals surface area contributed by atoms with E-state index in [4.69, 9.17) is 5.73 Å². The van der Waals surface area contributed by atoms with Crippen LogP contribution in [0.5, 0.6) is 0 Å². The third-order valence-corrected chi connectivity index (χ3v) is 4.66. The third-order valence-electron chi connectivity index (χ3n) is 4.66. The zero-order valence-electron chi connectivity index (χ0n) is 14.2. The molecular weight excluding hydrogens is 258 g/mol. The fourth-order valence-electron chi connectivity index (χ4n) is 3.46. The van der Waals surface area contributed by atoms with Crippen LogP contribution < -0.4 is 10.6 Å². The monoisotopic (exact) mass is 289 g/mol. The number of pyridine rings is 1. The van der Waals surface area contributed by atoms with Crippen LogP contribution in [0.4, 0.5) is 5.69 Å². The molecule has 0 aromatic carbocycles. The Morgan fingerprint density at radius 3 is 2.52 bits per heavy atom.